The molecule has 0 bridgehead atoms. The molecule has 1 aromatic rings. The molecule has 2 unspecified atom stereocenters. The van der Waals surface area contributed by atoms with Crippen LogP contribution in [0.15, 0.2) is 12.1 Å². The van der Waals surface area contributed by atoms with Crippen LogP contribution in [0.5, 0.6) is 11.5 Å². The second-order valence-corrected chi connectivity index (χ2v) is 4.98. The molecule has 0 heterocycles. The Morgan fingerprint density at radius 2 is 2.06 bits per heavy atom. The highest BCUT2D eigenvalue weighted by molar-refractivity contribution is 5.54. The second-order valence-electron chi connectivity index (χ2n) is 4.98. The first-order valence-electron chi connectivity index (χ1n) is 6.70. The zero-order valence-electron chi connectivity index (χ0n) is 11.7. The minimum Gasteiger partial charge on any atom is -0.493 e. The Bertz CT molecular complexity index is 417. The van der Waals surface area contributed by atoms with Gasteiger partial charge in [-0.05, 0) is 36.9 Å². The lowest BCUT2D eigenvalue weighted by molar-refractivity contribution is 0.351. The van der Waals surface area contributed by atoms with Crippen molar-refractivity contribution in [2.24, 2.45) is 5.92 Å². The Kier molecular flexibility index (Phi) is 4.12. The summed E-state index contributed by atoms with van der Waals surface area (Å²) in [7, 11) is 3.41. The highest BCUT2D eigenvalue weighted by Gasteiger charge is 2.32. The topological polar surface area (TPSA) is 30.5 Å². The van der Waals surface area contributed by atoms with Crippen LogP contribution in [-0.2, 0) is 6.42 Å². The Hall–Kier alpha value is -1.22. The van der Waals surface area contributed by atoms with Crippen molar-refractivity contribution < 1.29 is 9.47 Å². The first kappa shape index (κ1) is 13.2. The van der Waals surface area contributed by atoms with Crippen molar-refractivity contribution in [1.82, 2.24) is 5.32 Å². The lowest BCUT2D eigenvalue weighted by Crippen LogP contribution is -2.24. The van der Waals surface area contributed by atoms with Gasteiger partial charge in [-0.2, -0.15) is 0 Å². The molecule has 18 heavy (non-hydrogen) atoms. The first-order valence-corrected chi connectivity index (χ1v) is 6.70. The summed E-state index contributed by atoms with van der Waals surface area (Å²) < 4.78 is 10.9. The van der Waals surface area contributed by atoms with Gasteiger partial charge in [0.05, 0.1) is 14.2 Å². The maximum absolute atomic E-state index is 5.53. The van der Waals surface area contributed by atoms with Crippen LogP contribution < -0.4 is 14.8 Å². The van der Waals surface area contributed by atoms with E-state index >= 15 is 0 Å². The van der Waals surface area contributed by atoms with Gasteiger partial charge in [0.2, 0.25) is 0 Å². The Morgan fingerprint density at radius 1 is 1.28 bits per heavy atom. The van der Waals surface area contributed by atoms with Gasteiger partial charge in [0.1, 0.15) is 0 Å². The Labute approximate surface area is 109 Å². The summed E-state index contributed by atoms with van der Waals surface area (Å²) in [5.74, 6) is 2.34. The van der Waals surface area contributed by atoms with Crippen molar-refractivity contribution in [2.75, 3.05) is 20.8 Å². The van der Waals surface area contributed by atoms with Crippen LogP contribution in [0, 0.1) is 5.92 Å². The summed E-state index contributed by atoms with van der Waals surface area (Å²) in [6.07, 6.45) is 2.21. The van der Waals surface area contributed by atoms with E-state index in [-0.39, 0.29) is 0 Å². The van der Waals surface area contributed by atoms with E-state index in [9.17, 15) is 0 Å². The first-order chi connectivity index (χ1) is 8.72. The van der Waals surface area contributed by atoms with Crippen molar-refractivity contribution in [2.45, 2.75) is 32.7 Å². The van der Waals surface area contributed by atoms with E-state index in [0.29, 0.717) is 12.0 Å². The molecule has 3 nitrogen and oxygen atoms in total. The highest BCUT2D eigenvalue weighted by Crippen LogP contribution is 2.44. The summed E-state index contributed by atoms with van der Waals surface area (Å²) in [6, 6.07) is 4.63. The fourth-order valence-corrected chi connectivity index (χ4v) is 2.87. The van der Waals surface area contributed by atoms with Crippen molar-refractivity contribution >= 4 is 0 Å². The lowest BCUT2D eigenvalue weighted by Gasteiger charge is -2.18. The van der Waals surface area contributed by atoms with E-state index in [1.54, 1.807) is 14.2 Å². The molecule has 2 atom stereocenters. The Balaban J connectivity index is 2.35. The van der Waals surface area contributed by atoms with Crippen LogP contribution in [0.3, 0.4) is 0 Å². The SMILES string of the molecule is CCCNC1c2ccc(OC)c(OC)c2CC1C. The van der Waals surface area contributed by atoms with Crippen LogP contribution in [0.4, 0.5) is 0 Å². The van der Waals surface area contributed by atoms with Gasteiger partial charge in [0.15, 0.2) is 11.5 Å². The molecule has 0 radical (unpaired) electrons. The monoisotopic (exact) mass is 249 g/mol. The number of methoxy groups -OCH3 is 2. The zero-order chi connectivity index (χ0) is 13.1. The largest absolute Gasteiger partial charge is 0.493 e. The van der Waals surface area contributed by atoms with E-state index in [4.69, 9.17) is 9.47 Å². The van der Waals surface area contributed by atoms with Crippen LogP contribution in [0.25, 0.3) is 0 Å². The molecule has 1 N–H and O–H groups in total. The maximum atomic E-state index is 5.53. The molecule has 1 aliphatic rings. The van der Waals surface area contributed by atoms with Crippen molar-refractivity contribution in [3.63, 3.8) is 0 Å². The van der Waals surface area contributed by atoms with Crippen LogP contribution in [0.1, 0.15) is 37.4 Å². The second kappa shape index (κ2) is 5.61. The third-order valence-electron chi connectivity index (χ3n) is 3.73. The summed E-state index contributed by atoms with van der Waals surface area (Å²) in [5, 5.41) is 3.63. The van der Waals surface area contributed by atoms with E-state index in [0.717, 1.165) is 30.9 Å². The normalized spacial score (nSPS) is 21.8. The third-order valence-corrected chi connectivity index (χ3v) is 3.73. The summed E-state index contributed by atoms with van der Waals surface area (Å²) >= 11 is 0. The fraction of sp³-hybridized carbons (Fsp3) is 0.600. The number of rotatable bonds is 5. The molecule has 0 fully saturated rings. The fourth-order valence-electron chi connectivity index (χ4n) is 2.87. The number of nitrogens with one attached hydrogen (secondary N) is 1. The minimum atomic E-state index is 0.444. The molecule has 0 aliphatic heterocycles. The van der Waals surface area contributed by atoms with Gasteiger partial charge in [0.25, 0.3) is 0 Å². The molecule has 100 valence electrons. The number of hydrogen-bond acceptors (Lipinski definition) is 3. The molecule has 0 spiro atoms. The quantitative estimate of drug-likeness (QED) is 0.870. The highest BCUT2D eigenvalue weighted by atomic mass is 16.5. The molecule has 1 aliphatic carbocycles. The predicted molar refractivity (Wildman–Crippen MR) is 73.4 cm³/mol. The van der Waals surface area contributed by atoms with Gasteiger partial charge in [0, 0.05) is 11.6 Å². The Morgan fingerprint density at radius 3 is 2.67 bits per heavy atom. The van der Waals surface area contributed by atoms with Gasteiger partial charge >= 0.3 is 0 Å². The van der Waals surface area contributed by atoms with Crippen LogP contribution in [0.2, 0.25) is 0 Å². The van der Waals surface area contributed by atoms with Gasteiger partial charge in [-0.15, -0.1) is 0 Å². The van der Waals surface area contributed by atoms with Gasteiger partial charge < -0.3 is 14.8 Å². The average molecular weight is 249 g/mol. The summed E-state index contributed by atoms with van der Waals surface area (Å²) in [5.41, 5.74) is 2.67. The molecule has 3 heteroatoms. The van der Waals surface area contributed by atoms with E-state index < -0.39 is 0 Å². The van der Waals surface area contributed by atoms with E-state index in [1.807, 2.05) is 6.07 Å². The molecule has 0 saturated heterocycles. The van der Waals surface area contributed by atoms with Gasteiger partial charge in [-0.25, -0.2) is 0 Å². The van der Waals surface area contributed by atoms with E-state index in [1.165, 1.54) is 11.1 Å². The molecular formula is C15H23NO2. The summed E-state index contributed by atoms with van der Waals surface area (Å²) in [6.45, 7) is 5.55. The molecule has 0 aromatic heterocycles. The zero-order valence-corrected chi connectivity index (χ0v) is 11.7. The van der Waals surface area contributed by atoms with Crippen LogP contribution >= 0.6 is 0 Å². The number of ether oxygens (including phenoxy) is 2. The molecule has 2 rings (SSSR count). The van der Waals surface area contributed by atoms with Gasteiger partial charge in [-0.1, -0.05) is 19.9 Å². The number of fused-ring (bicyclic) bond motifs is 1. The minimum absolute atomic E-state index is 0.444. The standard InChI is InChI=1S/C15H23NO2/c1-5-8-16-14-10(2)9-12-11(14)6-7-13(17-3)15(12)18-4/h6-7,10,14,16H,5,8-9H2,1-4H3. The number of benzene rings is 1. The third kappa shape index (κ3) is 2.19. The smallest absolute Gasteiger partial charge is 0.164 e. The lowest BCUT2D eigenvalue weighted by atomic mass is 10.0. The summed E-state index contributed by atoms with van der Waals surface area (Å²) in [4.78, 5) is 0. The van der Waals surface area contributed by atoms with Crippen molar-refractivity contribution in [1.29, 1.82) is 0 Å². The molecule has 1 aromatic carbocycles. The van der Waals surface area contributed by atoms with Crippen molar-refractivity contribution in [3.05, 3.63) is 23.3 Å². The van der Waals surface area contributed by atoms with Gasteiger partial charge in [-0.3, -0.25) is 0 Å². The van der Waals surface area contributed by atoms with Crippen molar-refractivity contribution in [3.8, 4) is 11.5 Å². The van der Waals surface area contributed by atoms with Crippen LogP contribution in [-0.4, -0.2) is 20.8 Å². The van der Waals surface area contributed by atoms with E-state index in [2.05, 4.69) is 25.2 Å². The molecule has 0 amide bonds. The maximum Gasteiger partial charge on any atom is 0.164 e. The number of hydrogen-bond donors (Lipinski definition) is 1. The molecule has 0 saturated carbocycles. The average Bonchev–Trinajstić information content (AvgIpc) is 2.70. The molecular weight excluding hydrogens is 226 g/mol. The predicted octanol–water partition coefficient (Wildman–Crippen LogP) is 2.94.